The van der Waals surface area contributed by atoms with E-state index in [0.29, 0.717) is 50.9 Å². The smallest absolute Gasteiger partial charge is 0.329 e. The Morgan fingerprint density at radius 3 is 2.36 bits per heavy atom. The number of methoxy groups -OCH3 is 2. The number of Topliss-reactive ketones (excluding diaryl/α,β-unsaturated/α-hetero) is 3. The Morgan fingerprint density at radius 2 is 1.64 bits per heavy atom. The Hall–Kier alpha value is -3.25. The molecule has 0 aromatic carbocycles. The third kappa shape index (κ3) is 15.9. The SMILES string of the molecule is CO[C@H]1CCC[C@@H](CCC(CC(=O)C/C=C(\C)[C@@H](C)CC(=O)[C@H](C)CC/C=C/C=C/C=C(\C)[C@H](C)OC)OC(=O)[C@@H]2CCCCN2C(=O)C(=O)[C@]2(O)OCCC[C@H]2C)C1. The number of allylic oxidation sites excluding steroid dienone is 7. The standard InChI is InChI=1S/C48H75NO10/c1-33(36(4)30-44(51)35(3)19-13-11-9-10-12-18-34(2)38(6)56-7)24-26-40(50)32-42(27-25-39-21-16-22-41(31-39)57-8)59-47(54)43-23-14-15-28-49(43)46(53)45(52)48(55)37(5)20-17-29-58-48/h9-12,18,24,35-39,41-43,55H,13-17,19-23,25-32H2,1-8H3/b11-9+,12-10+,33-24+,34-18+/t35-,36+,37-,38+,39+,41+,42?,43+,48-/m1/s1. The zero-order chi connectivity index (χ0) is 43.5. The number of rotatable bonds is 23. The zero-order valence-corrected chi connectivity index (χ0v) is 37.4. The van der Waals surface area contributed by atoms with Crippen LogP contribution in [0.2, 0.25) is 0 Å². The number of aliphatic hydroxyl groups is 1. The summed E-state index contributed by atoms with van der Waals surface area (Å²) < 4.78 is 22.5. The molecule has 2 heterocycles. The number of ketones is 3. The summed E-state index contributed by atoms with van der Waals surface area (Å²) in [7, 11) is 3.42. The molecule has 1 N–H and O–H groups in total. The minimum Gasteiger partial charge on any atom is -0.460 e. The Morgan fingerprint density at radius 1 is 0.881 bits per heavy atom. The summed E-state index contributed by atoms with van der Waals surface area (Å²) in [5.41, 5.74) is 2.11. The van der Waals surface area contributed by atoms with E-state index in [1.54, 1.807) is 21.1 Å². The minimum absolute atomic E-state index is 0.0213. The molecule has 2 aliphatic heterocycles. The fourth-order valence-corrected chi connectivity index (χ4v) is 8.28. The number of likely N-dealkylation sites (tertiary alicyclic amines) is 1. The van der Waals surface area contributed by atoms with Crippen molar-refractivity contribution < 1.29 is 48.0 Å². The predicted octanol–water partition coefficient (Wildman–Crippen LogP) is 8.37. The molecule has 9 atom stereocenters. The molecule has 0 bridgehead atoms. The lowest BCUT2D eigenvalue weighted by Crippen LogP contribution is -2.59. The first-order valence-electron chi connectivity index (χ1n) is 22.3. The molecule has 11 nitrogen and oxygen atoms in total. The highest BCUT2D eigenvalue weighted by Gasteiger charge is 2.51. The van der Waals surface area contributed by atoms with E-state index in [1.807, 2.05) is 65.0 Å². The summed E-state index contributed by atoms with van der Waals surface area (Å²) in [5, 5.41) is 11.1. The first kappa shape index (κ1) is 50.1. The Kier molecular flexibility index (Phi) is 21.7. The van der Waals surface area contributed by atoms with Crippen LogP contribution in [0, 0.1) is 23.7 Å². The van der Waals surface area contributed by atoms with E-state index in [0.717, 1.165) is 56.1 Å². The average molecular weight is 826 g/mol. The van der Waals surface area contributed by atoms with Gasteiger partial charge in [-0.3, -0.25) is 19.2 Å². The molecular weight excluding hydrogens is 751 g/mol. The maximum absolute atomic E-state index is 13.9. The molecular formula is C48H75NO10. The molecule has 0 aromatic heterocycles. The van der Waals surface area contributed by atoms with Gasteiger partial charge in [-0.25, -0.2) is 4.79 Å². The molecule has 59 heavy (non-hydrogen) atoms. The second kappa shape index (κ2) is 25.5. The summed E-state index contributed by atoms with van der Waals surface area (Å²) in [5.74, 6) is -5.01. The van der Waals surface area contributed by atoms with Crippen molar-refractivity contribution in [1.29, 1.82) is 0 Å². The number of carbonyl (C=O) groups excluding carboxylic acids is 5. The third-order valence-electron chi connectivity index (χ3n) is 13.0. The lowest BCUT2D eigenvalue weighted by Gasteiger charge is -2.39. The van der Waals surface area contributed by atoms with Crippen molar-refractivity contribution in [1.82, 2.24) is 4.90 Å². The van der Waals surface area contributed by atoms with Gasteiger partial charge in [0.1, 0.15) is 23.7 Å². The second-order valence-electron chi connectivity index (χ2n) is 17.5. The molecule has 0 radical (unpaired) electrons. The van der Waals surface area contributed by atoms with E-state index >= 15 is 0 Å². The maximum atomic E-state index is 13.9. The number of piperidine rings is 1. The largest absolute Gasteiger partial charge is 0.460 e. The highest BCUT2D eigenvalue weighted by atomic mass is 16.6. The molecule has 1 amide bonds. The Labute approximate surface area is 354 Å². The summed E-state index contributed by atoms with van der Waals surface area (Å²) in [4.78, 5) is 68.7. The van der Waals surface area contributed by atoms with Crippen molar-refractivity contribution >= 4 is 29.2 Å². The minimum atomic E-state index is -2.22. The fourth-order valence-electron chi connectivity index (χ4n) is 8.28. The summed E-state index contributed by atoms with van der Waals surface area (Å²) in [6, 6.07) is -0.995. The number of amides is 1. The van der Waals surface area contributed by atoms with Crippen LogP contribution in [0.1, 0.15) is 144 Å². The summed E-state index contributed by atoms with van der Waals surface area (Å²) in [6.07, 6.45) is 21.8. The molecule has 1 aliphatic carbocycles. The van der Waals surface area contributed by atoms with Gasteiger partial charge in [-0.05, 0) is 109 Å². The Bertz CT molecular complexity index is 1510. The molecule has 1 unspecified atom stereocenters. The predicted molar refractivity (Wildman–Crippen MR) is 229 cm³/mol. The van der Waals surface area contributed by atoms with Gasteiger partial charge in [0.05, 0.1) is 18.8 Å². The van der Waals surface area contributed by atoms with Crippen molar-refractivity contribution in [3.63, 3.8) is 0 Å². The van der Waals surface area contributed by atoms with Crippen LogP contribution in [0.25, 0.3) is 0 Å². The van der Waals surface area contributed by atoms with Crippen LogP contribution in [0.5, 0.6) is 0 Å². The molecule has 3 rings (SSSR count). The lowest BCUT2D eigenvalue weighted by atomic mass is 9.83. The second-order valence-corrected chi connectivity index (χ2v) is 17.5. The fraction of sp³-hybridized carbons (Fsp3) is 0.729. The number of carbonyl (C=O) groups is 5. The Balaban J connectivity index is 1.60. The molecule has 1 saturated carbocycles. The van der Waals surface area contributed by atoms with Gasteiger partial charge in [-0.15, -0.1) is 0 Å². The normalized spacial score (nSPS) is 26.7. The van der Waals surface area contributed by atoms with Crippen LogP contribution < -0.4 is 0 Å². The van der Waals surface area contributed by atoms with Crippen molar-refractivity contribution in [2.24, 2.45) is 23.7 Å². The monoisotopic (exact) mass is 826 g/mol. The molecule has 3 fully saturated rings. The van der Waals surface area contributed by atoms with Gasteiger partial charge in [0.15, 0.2) is 0 Å². The van der Waals surface area contributed by atoms with Gasteiger partial charge in [-0.1, -0.05) is 75.6 Å². The van der Waals surface area contributed by atoms with E-state index in [9.17, 15) is 29.1 Å². The van der Waals surface area contributed by atoms with Crippen LogP contribution in [0.15, 0.2) is 47.6 Å². The van der Waals surface area contributed by atoms with E-state index in [1.165, 1.54) is 4.90 Å². The van der Waals surface area contributed by atoms with E-state index < -0.39 is 41.5 Å². The van der Waals surface area contributed by atoms with Crippen LogP contribution in [0.3, 0.4) is 0 Å². The molecule has 0 aromatic rings. The highest BCUT2D eigenvalue weighted by Crippen LogP contribution is 2.33. The van der Waals surface area contributed by atoms with E-state index in [2.05, 4.69) is 6.08 Å². The van der Waals surface area contributed by atoms with Crippen molar-refractivity contribution in [2.45, 2.75) is 174 Å². The number of nitrogens with zero attached hydrogens (tertiary/aromatic N) is 1. The van der Waals surface area contributed by atoms with Gasteiger partial charge in [-0.2, -0.15) is 0 Å². The topological polar surface area (TPSA) is 146 Å². The van der Waals surface area contributed by atoms with Crippen LogP contribution in [0.4, 0.5) is 0 Å². The first-order valence-corrected chi connectivity index (χ1v) is 22.3. The van der Waals surface area contributed by atoms with Crippen LogP contribution >= 0.6 is 0 Å². The zero-order valence-electron chi connectivity index (χ0n) is 37.4. The number of ether oxygens (including phenoxy) is 4. The van der Waals surface area contributed by atoms with Gasteiger partial charge >= 0.3 is 5.97 Å². The summed E-state index contributed by atoms with van der Waals surface area (Å²) >= 11 is 0. The van der Waals surface area contributed by atoms with Gasteiger partial charge in [0.2, 0.25) is 5.79 Å². The van der Waals surface area contributed by atoms with Crippen molar-refractivity contribution in [3.05, 3.63) is 47.6 Å². The van der Waals surface area contributed by atoms with Gasteiger partial charge < -0.3 is 29.0 Å². The number of hydrogen-bond acceptors (Lipinski definition) is 10. The molecule has 11 heteroatoms. The molecule has 332 valence electrons. The highest BCUT2D eigenvalue weighted by molar-refractivity contribution is 6.39. The summed E-state index contributed by atoms with van der Waals surface area (Å²) in [6.45, 7) is 12.0. The average Bonchev–Trinajstić information content (AvgIpc) is 3.24. The van der Waals surface area contributed by atoms with E-state index in [-0.39, 0.29) is 61.6 Å². The molecule has 3 aliphatic rings. The number of hydrogen-bond donors (Lipinski definition) is 1. The lowest BCUT2D eigenvalue weighted by molar-refractivity contribution is -0.240. The van der Waals surface area contributed by atoms with Crippen molar-refractivity contribution in [3.8, 4) is 0 Å². The van der Waals surface area contributed by atoms with Crippen LogP contribution in [-0.4, -0.2) is 96.7 Å². The molecule has 0 spiro atoms. The van der Waals surface area contributed by atoms with Gasteiger partial charge in [0, 0.05) is 51.9 Å². The molecule has 2 saturated heterocycles. The maximum Gasteiger partial charge on any atom is 0.329 e. The van der Waals surface area contributed by atoms with Crippen molar-refractivity contribution in [2.75, 3.05) is 27.4 Å². The first-order chi connectivity index (χ1) is 28.1. The number of esters is 1. The third-order valence-corrected chi connectivity index (χ3v) is 13.0. The van der Waals surface area contributed by atoms with Crippen LogP contribution in [-0.2, 0) is 42.9 Å². The quantitative estimate of drug-likeness (QED) is 0.0462. The van der Waals surface area contributed by atoms with E-state index in [4.69, 9.17) is 18.9 Å². The van der Waals surface area contributed by atoms with Gasteiger partial charge in [0.25, 0.3) is 11.7 Å².